The molecule has 0 aromatic carbocycles. The van der Waals surface area contributed by atoms with Gasteiger partial charge in [0.25, 0.3) is 0 Å². The van der Waals surface area contributed by atoms with E-state index in [0.717, 1.165) is 11.1 Å². The van der Waals surface area contributed by atoms with E-state index in [2.05, 4.69) is 5.18 Å². The number of rotatable bonds is 7. The molecular formula is C15H22FNO. The molecule has 0 saturated carbocycles. The van der Waals surface area contributed by atoms with E-state index in [0.29, 0.717) is 6.42 Å². The van der Waals surface area contributed by atoms with Crippen molar-refractivity contribution in [1.29, 1.82) is 0 Å². The summed E-state index contributed by atoms with van der Waals surface area (Å²) in [5.74, 6) is -0.429. The first-order chi connectivity index (χ1) is 8.56. The van der Waals surface area contributed by atoms with Crippen LogP contribution in [0.2, 0.25) is 0 Å². The Morgan fingerprint density at radius 3 is 2.50 bits per heavy atom. The van der Waals surface area contributed by atoms with Gasteiger partial charge < -0.3 is 0 Å². The van der Waals surface area contributed by atoms with Crippen LogP contribution in [0.1, 0.15) is 34.1 Å². The minimum Gasteiger partial charge on any atom is -0.211 e. The van der Waals surface area contributed by atoms with E-state index in [4.69, 9.17) is 0 Å². The molecule has 0 amide bonds. The maximum absolute atomic E-state index is 13.9. The average molecular weight is 251 g/mol. The molecule has 100 valence electrons. The predicted octanol–water partition coefficient (Wildman–Crippen LogP) is 5.10. The molecule has 0 aliphatic heterocycles. The summed E-state index contributed by atoms with van der Waals surface area (Å²) in [6.07, 6.45) is 9.60. The Kier molecular flexibility index (Phi) is 8.71. The quantitative estimate of drug-likeness (QED) is 0.351. The van der Waals surface area contributed by atoms with Gasteiger partial charge >= 0.3 is 0 Å². The third-order valence-corrected chi connectivity index (χ3v) is 2.77. The molecule has 0 N–H and O–H groups in total. The van der Waals surface area contributed by atoms with Gasteiger partial charge in [-0.25, -0.2) is 4.39 Å². The molecule has 0 aliphatic rings. The van der Waals surface area contributed by atoms with Crippen LogP contribution in [0.25, 0.3) is 0 Å². The summed E-state index contributed by atoms with van der Waals surface area (Å²) in [7, 11) is 0. The molecule has 3 heteroatoms. The van der Waals surface area contributed by atoms with Gasteiger partial charge in [-0.15, -0.1) is 0 Å². The Hall–Kier alpha value is -1.51. The van der Waals surface area contributed by atoms with E-state index in [9.17, 15) is 9.30 Å². The molecule has 2 nitrogen and oxygen atoms in total. The zero-order valence-corrected chi connectivity index (χ0v) is 11.6. The fraction of sp³-hybridized carbons (Fsp3) is 0.467. The largest absolute Gasteiger partial charge is 0.211 e. The van der Waals surface area contributed by atoms with Crippen LogP contribution in [-0.2, 0) is 0 Å². The number of halogens is 1. The number of nitroso groups, excluding NO2 is 1. The number of allylic oxidation sites excluding steroid dienone is 7. The molecule has 18 heavy (non-hydrogen) atoms. The topological polar surface area (TPSA) is 29.4 Å². The summed E-state index contributed by atoms with van der Waals surface area (Å²) < 4.78 is 13.9. The number of hydrogen-bond donors (Lipinski definition) is 0. The highest BCUT2D eigenvalue weighted by Crippen LogP contribution is 2.23. The van der Waals surface area contributed by atoms with Crippen LogP contribution in [0.15, 0.2) is 52.5 Å². The van der Waals surface area contributed by atoms with Crippen molar-refractivity contribution in [2.24, 2.45) is 11.1 Å². The molecule has 0 spiro atoms. The van der Waals surface area contributed by atoms with E-state index >= 15 is 0 Å². The highest BCUT2D eigenvalue weighted by Gasteiger charge is 2.11. The first-order valence-corrected chi connectivity index (χ1v) is 6.18. The zero-order valence-electron chi connectivity index (χ0n) is 11.6. The Morgan fingerprint density at radius 1 is 1.33 bits per heavy atom. The van der Waals surface area contributed by atoms with E-state index in [1.807, 2.05) is 52.0 Å². The van der Waals surface area contributed by atoms with Gasteiger partial charge in [-0.1, -0.05) is 42.0 Å². The van der Waals surface area contributed by atoms with Crippen molar-refractivity contribution >= 4 is 0 Å². The van der Waals surface area contributed by atoms with Gasteiger partial charge in [0.05, 0.1) is 6.54 Å². The van der Waals surface area contributed by atoms with Gasteiger partial charge in [0.2, 0.25) is 0 Å². The van der Waals surface area contributed by atoms with Crippen molar-refractivity contribution in [3.05, 3.63) is 52.3 Å². The summed E-state index contributed by atoms with van der Waals surface area (Å²) in [4.78, 5) is 9.94. The lowest BCUT2D eigenvalue weighted by molar-refractivity contribution is 0.538. The predicted molar refractivity (Wildman–Crippen MR) is 76.0 cm³/mol. The fourth-order valence-electron chi connectivity index (χ4n) is 1.42. The summed E-state index contributed by atoms with van der Waals surface area (Å²) in [5, 5.41) is 2.78. The van der Waals surface area contributed by atoms with Crippen molar-refractivity contribution in [3.8, 4) is 0 Å². The van der Waals surface area contributed by atoms with E-state index in [-0.39, 0.29) is 18.3 Å². The highest BCUT2D eigenvalue weighted by molar-refractivity contribution is 5.29. The number of nitrogens with zero attached hydrogens (tertiary/aromatic N) is 1. The highest BCUT2D eigenvalue weighted by atomic mass is 19.1. The lowest BCUT2D eigenvalue weighted by atomic mass is 9.97. The first kappa shape index (κ1) is 16.5. The summed E-state index contributed by atoms with van der Waals surface area (Å²) in [6, 6.07) is 0. The van der Waals surface area contributed by atoms with E-state index < -0.39 is 0 Å². The molecule has 0 fully saturated rings. The third-order valence-electron chi connectivity index (χ3n) is 2.77. The normalized spacial score (nSPS) is 16.2. The summed E-state index contributed by atoms with van der Waals surface area (Å²) in [6.45, 7) is 7.72. The summed E-state index contributed by atoms with van der Waals surface area (Å²) >= 11 is 0. The second kappa shape index (κ2) is 9.51. The van der Waals surface area contributed by atoms with Crippen LogP contribution < -0.4 is 0 Å². The van der Waals surface area contributed by atoms with Crippen molar-refractivity contribution in [3.63, 3.8) is 0 Å². The van der Waals surface area contributed by atoms with Gasteiger partial charge in [0.15, 0.2) is 0 Å². The van der Waals surface area contributed by atoms with Crippen LogP contribution in [0.4, 0.5) is 4.39 Å². The van der Waals surface area contributed by atoms with Crippen LogP contribution in [0.3, 0.4) is 0 Å². The molecule has 0 aliphatic carbocycles. The second-order valence-corrected chi connectivity index (χ2v) is 4.12. The van der Waals surface area contributed by atoms with Crippen LogP contribution in [-0.4, -0.2) is 6.54 Å². The Morgan fingerprint density at radius 2 is 2.00 bits per heavy atom. The monoisotopic (exact) mass is 251 g/mol. The van der Waals surface area contributed by atoms with Crippen LogP contribution >= 0.6 is 0 Å². The van der Waals surface area contributed by atoms with Crippen molar-refractivity contribution < 1.29 is 4.39 Å². The van der Waals surface area contributed by atoms with Crippen molar-refractivity contribution in [1.82, 2.24) is 0 Å². The minimum absolute atomic E-state index is 0.156. The van der Waals surface area contributed by atoms with Crippen LogP contribution in [0, 0.1) is 10.8 Å². The molecule has 1 unspecified atom stereocenters. The van der Waals surface area contributed by atoms with Crippen molar-refractivity contribution in [2.45, 2.75) is 34.1 Å². The molecule has 0 rings (SSSR count). The molecule has 0 saturated heterocycles. The molecule has 0 aromatic rings. The molecule has 0 aromatic heterocycles. The molecule has 0 heterocycles. The van der Waals surface area contributed by atoms with E-state index in [1.165, 1.54) is 0 Å². The smallest absolute Gasteiger partial charge is 0.107 e. The van der Waals surface area contributed by atoms with Gasteiger partial charge in [-0.05, 0) is 38.8 Å². The zero-order chi connectivity index (χ0) is 14.0. The SMILES string of the molecule is C/C=C(C)\C=C(\F)C(C)C(/C=C\CCN=O)=C/C. The second-order valence-electron chi connectivity index (χ2n) is 4.12. The van der Waals surface area contributed by atoms with Gasteiger partial charge in [0, 0.05) is 5.92 Å². The Bertz CT molecular complexity index is 378. The summed E-state index contributed by atoms with van der Waals surface area (Å²) in [5.41, 5.74) is 1.81. The average Bonchev–Trinajstić information content (AvgIpc) is 2.38. The standard InChI is InChI=1S/C15H22FNO/c1-5-12(3)11-15(16)13(4)14(6-2)9-7-8-10-17-18/h5-7,9,11,13H,8,10H2,1-4H3/b9-7-,12-5-,14-6+,15-11+. The molecule has 1 atom stereocenters. The van der Waals surface area contributed by atoms with Crippen molar-refractivity contribution in [2.75, 3.05) is 6.54 Å². The number of hydrogen-bond acceptors (Lipinski definition) is 2. The lowest BCUT2D eigenvalue weighted by Gasteiger charge is -2.10. The Balaban J connectivity index is 4.72. The Labute approximate surface area is 109 Å². The van der Waals surface area contributed by atoms with E-state index in [1.54, 1.807) is 6.08 Å². The first-order valence-electron chi connectivity index (χ1n) is 6.18. The molecule has 0 bridgehead atoms. The maximum Gasteiger partial charge on any atom is 0.107 e. The van der Waals surface area contributed by atoms with Gasteiger partial charge in [0.1, 0.15) is 5.83 Å². The fourth-order valence-corrected chi connectivity index (χ4v) is 1.42. The maximum atomic E-state index is 13.9. The third kappa shape index (κ3) is 6.28. The molecular weight excluding hydrogens is 229 g/mol. The lowest BCUT2D eigenvalue weighted by Crippen LogP contribution is -1.98. The van der Waals surface area contributed by atoms with Gasteiger partial charge in [-0.3, -0.25) is 0 Å². The molecule has 0 radical (unpaired) electrons. The van der Waals surface area contributed by atoms with Gasteiger partial charge in [-0.2, -0.15) is 4.91 Å². The van der Waals surface area contributed by atoms with Crippen LogP contribution in [0.5, 0.6) is 0 Å². The minimum atomic E-state index is -0.273.